The summed E-state index contributed by atoms with van der Waals surface area (Å²) in [5, 5.41) is 5.03. The van der Waals surface area contributed by atoms with Crippen LogP contribution < -0.4 is 4.80 Å². The first-order chi connectivity index (χ1) is 14.9. The van der Waals surface area contributed by atoms with E-state index >= 15 is 0 Å². The molecule has 0 saturated carbocycles. The number of nitrogens with zero attached hydrogens (tertiary/aromatic N) is 3. The van der Waals surface area contributed by atoms with Crippen molar-refractivity contribution in [3.63, 3.8) is 0 Å². The van der Waals surface area contributed by atoms with Crippen molar-refractivity contribution >= 4 is 40.7 Å². The Balaban J connectivity index is 2.20. The van der Waals surface area contributed by atoms with Gasteiger partial charge < -0.3 is 9.47 Å². The largest absolute Gasteiger partial charge is 0.466 e. The molecule has 8 nitrogen and oxygen atoms in total. The number of rotatable bonds is 6. The molecule has 0 unspecified atom stereocenters. The number of methoxy groups -OCH3 is 2. The first-order valence-electron chi connectivity index (χ1n) is 8.81. The third-order valence-electron chi connectivity index (χ3n) is 3.93. The van der Waals surface area contributed by atoms with E-state index in [-0.39, 0.29) is 21.3 Å². The molecule has 10 heteroatoms. The molecule has 0 aliphatic rings. The van der Waals surface area contributed by atoms with Crippen molar-refractivity contribution in [1.29, 1.82) is 0 Å². The van der Waals surface area contributed by atoms with Gasteiger partial charge in [-0.25, -0.2) is 19.3 Å². The monoisotopic (exact) mass is 457 g/mol. The number of carbonyl (C=O) groups excluding carboxylic acids is 3. The lowest BCUT2D eigenvalue weighted by molar-refractivity contribution is -0.138. The zero-order chi connectivity index (χ0) is 22.4. The Morgan fingerprint density at radius 3 is 2.32 bits per heavy atom. The number of benzene rings is 2. The Morgan fingerprint density at radius 1 is 1.03 bits per heavy atom. The fraction of sp³-hybridized carbons (Fsp3) is 0.0952. The molecule has 3 rings (SSSR count). The first-order valence-corrected chi connectivity index (χ1v) is 10.0. The van der Waals surface area contributed by atoms with Crippen molar-refractivity contribution in [1.82, 2.24) is 9.78 Å². The molecule has 0 aliphatic carbocycles. The van der Waals surface area contributed by atoms with Crippen LogP contribution in [0.15, 0.2) is 71.4 Å². The lowest BCUT2D eigenvalue weighted by atomic mass is 10.1. The van der Waals surface area contributed by atoms with E-state index in [1.165, 1.54) is 11.8 Å². The summed E-state index contributed by atoms with van der Waals surface area (Å²) in [6.45, 7) is 0. The van der Waals surface area contributed by atoms with Crippen LogP contribution in [0, 0.1) is 0 Å². The number of aromatic nitrogens is 2. The van der Waals surface area contributed by atoms with Crippen LogP contribution in [0.2, 0.25) is 5.02 Å². The highest BCUT2D eigenvalue weighted by atomic mass is 35.5. The van der Waals surface area contributed by atoms with Gasteiger partial charge in [-0.2, -0.15) is 5.10 Å². The van der Waals surface area contributed by atoms with Crippen molar-refractivity contribution in [2.24, 2.45) is 4.99 Å². The highest BCUT2D eigenvalue weighted by molar-refractivity contribution is 7.11. The van der Waals surface area contributed by atoms with Gasteiger partial charge in [-0.1, -0.05) is 53.3 Å². The molecule has 0 N–H and O–H groups in total. The summed E-state index contributed by atoms with van der Waals surface area (Å²) in [6.07, 6.45) is 0.899. The number of esters is 2. The number of halogens is 1. The van der Waals surface area contributed by atoms with Crippen LogP contribution in [-0.4, -0.2) is 41.7 Å². The van der Waals surface area contributed by atoms with Gasteiger partial charge in [0.2, 0.25) is 10.6 Å². The smallest absolute Gasteiger partial charge is 0.357 e. The van der Waals surface area contributed by atoms with Crippen LogP contribution in [0.3, 0.4) is 0 Å². The lowest BCUT2D eigenvalue weighted by Gasteiger charge is -2.02. The molecule has 0 spiro atoms. The summed E-state index contributed by atoms with van der Waals surface area (Å²) in [5.74, 6) is -1.95. The van der Waals surface area contributed by atoms with Crippen LogP contribution >= 0.6 is 22.9 Å². The first kappa shape index (κ1) is 22.1. The summed E-state index contributed by atoms with van der Waals surface area (Å²) in [4.78, 5) is 41.1. The topological polar surface area (TPSA) is 99.9 Å². The molecule has 0 aliphatic heterocycles. The summed E-state index contributed by atoms with van der Waals surface area (Å²) in [7, 11) is 2.33. The van der Waals surface area contributed by atoms with Crippen molar-refractivity contribution in [2.75, 3.05) is 14.2 Å². The predicted octanol–water partition coefficient (Wildman–Crippen LogP) is 2.95. The van der Waals surface area contributed by atoms with E-state index in [4.69, 9.17) is 16.3 Å². The second kappa shape index (κ2) is 9.96. The van der Waals surface area contributed by atoms with E-state index in [2.05, 4.69) is 14.8 Å². The average molecular weight is 458 g/mol. The highest BCUT2D eigenvalue weighted by Crippen LogP contribution is 2.15. The molecular weight excluding hydrogens is 442 g/mol. The molecular formula is C21H16ClN3O5S. The quantitative estimate of drug-likeness (QED) is 0.320. The lowest BCUT2D eigenvalue weighted by Crippen LogP contribution is -2.17. The van der Waals surface area contributed by atoms with Crippen molar-refractivity contribution in [3.05, 3.63) is 86.8 Å². The maximum Gasteiger partial charge on any atom is 0.357 e. The zero-order valence-corrected chi connectivity index (χ0v) is 18.0. The van der Waals surface area contributed by atoms with Gasteiger partial charge in [0, 0.05) is 10.6 Å². The number of hydrogen-bond acceptors (Lipinski definition) is 8. The SMILES string of the molecule is COC(=O)/C=C(\N=c1sc(C(=O)c2ccccc2)nn1-c1ccc(Cl)cc1)C(=O)OC. The molecule has 31 heavy (non-hydrogen) atoms. The Bertz CT molecular complexity index is 1210. The van der Waals surface area contributed by atoms with Crippen LogP contribution in [0.4, 0.5) is 0 Å². The van der Waals surface area contributed by atoms with Crippen LogP contribution in [0.5, 0.6) is 0 Å². The maximum atomic E-state index is 12.9. The van der Waals surface area contributed by atoms with E-state index in [1.807, 2.05) is 0 Å². The van der Waals surface area contributed by atoms with E-state index < -0.39 is 11.9 Å². The van der Waals surface area contributed by atoms with Crippen LogP contribution in [-0.2, 0) is 19.1 Å². The summed E-state index contributed by atoms with van der Waals surface area (Å²) < 4.78 is 10.6. The minimum atomic E-state index is -0.850. The van der Waals surface area contributed by atoms with Crippen LogP contribution in [0.1, 0.15) is 15.4 Å². The minimum Gasteiger partial charge on any atom is -0.466 e. The third-order valence-corrected chi connectivity index (χ3v) is 5.09. The van der Waals surface area contributed by atoms with Gasteiger partial charge in [-0.05, 0) is 24.3 Å². The van der Waals surface area contributed by atoms with Crippen molar-refractivity contribution in [3.8, 4) is 5.69 Å². The van der Waals surface area contributed by atoms with E-state index in [9.17, 15) is 14.4 Å². The van der Waals surface area contributed by atoms with E-state index in [0.717, 1.165) is 24.5 Å². The second-order valence-corrected chi connectivity index (χ2v) is 7.32. The van der Waals surface area contributed by atoms with E-state index in [1.54, 1.807) is 54.6 Å². The number of ether oxygens (including phenoxy) is 2. The number of hydrogen-bond donors (Lipinski definition) is 0. The molecule has 0 atom stereocenters. The van der Waals surface area contributed by atoms with Gasteiger partial charge in [0.05, 0.1) is 26.0 Å². The Kier molecular flexibility index (Phi) is 7.11. The molecule has 0 fully saturated rings. The minimum absolute atomic E-state index is 0.141. The fourth-order valence-corrected chi connectivity index (χ4v) is 3.43. The van der Waals surface area contributed by atoms with Crippen molar-refractivity contribution in [2.45, 2.75) is 0 Å². The second-order valence-electron chi connectivity index (χ2n) is 5.93. The van der Waals surface area contributed by atoms with Crippen molar-refractivity contribution < 1.29 is 23.9 Å². The fourth-order valence-electron chi connectivity index (χ4n) is 2.42. The Morgan fingerprint density at radius 2 is 1.71 bits per heavy atom. The number of ketones is 1. The summed E-state index contributed by atoms with van der Waals surface area (Å²) in [5.41, 5.74) is 0.692. The summed E-state index contributed by atoms with van der Waals surface area (Å²) >= 11 is 6.92. The highest BCUT2D eigenvalue weighted by Gasteiger charge is 2.18. The molecule has 3 aromatic rings. The molecule has 0 saturated heterocycles. The van der Waals surface area contributed by atoms with Gasteiger partial charge in [0.15, 0.2) is 10.7 Å². The average Bonchev–Trinajstić information content (AvgIpc) is 3.22. The molecule has 1 aromatic heterocycles. The standard InChI is InChI=1S/C21H16ClN3O5S/c1-29-17(26)12-16(20(28)30-2)23-21-25(15-10-8-14(22)9-11-15)24-19(31-21)18(27)13-6-4-3-5-7-13/h3-12H,1-2H3/b16-12-,23-21?. The van der Waals surface area contributed by atoms with Gasteiger partial charge in [-0.15, -0.1) is 0 Å². The number of carbonyl (C=O) groups is 3. The molecule has 0 bridgehead atoms. The molecule has 1 heterocycles. The third kappa shape index (κ3) is 5.33. The van der Waals surface area contributed by atoms with Gasteiger partial charge in [0.1, 0.15) is 0 Å². The Hall–Kier alpha value is -3.56. The zero-order valence-electron chi connectivity index (χ0n) is 16.4. The maximum absolute atomic E-state index is 12.9. The van der Waals surface area contributed by atoms with Gasteiger partial charge >= 0.3 is 11.9 Å². The summed E-state index contributed by atoms with van der Waals surface area (Å²) in [6, 6.07) is 15.3. The van der Waals surface area contributed by atoms with Gasteiger partial charge in [0.25, 0.3) is 0 Å². The van der Waals surface area contributed by atoms with Crippen LogP contribution in [0.25, 0.3) is 5.69 Å². The molecule has 0 amide bonds. The molecule has 0 radical (unpaired) electrons. The van der Waals surface area contributed by atoms with Gasteiger partial charge in [-0.3, -0.25) is 4.79 Å². The van der Waals surface area contributed by atoms with E-state index in [0.29, 0.717) is 16.3 Å². The Labute approximate surface area is 186 Å². The molecule has 2 aromatic carbocycles. The molecule has 158 valence electrons. The predicted molar refractivity (Wildman–Crippen MR) is 114 cm³/mol. The normalized spacial score (nSPS) is 11.8.